The second-order valence-corrected chi connectivity index (χ2v) is 9.04. The molecule has 2 fully saturated rings. The number of rotatable bonds is 5. The highest BCUT2D eigenvalue weighted by Crippen LogP contribution is 2.29. The molecule has 2 aliphatic rings. The smallest absolute Gasteiger partial charge is 0.241 e. The summed E-state index contributed by atoms with van der Waals surface area (Å²) < 4.78 is 0. The Morgan fingerprint density at radius 3 is 2.56 bits per heavy atom. The van der Waals surface area contributed by atoms with Gasteiger partial charge in [-0.3, -0.25) is 9.69 Å². The molecule has 3 aromatic heterocycles. The van der Waals surface area contributed by atoms with Crippen LogP contribution in [-0.2, 0) is 4.79 Å². The number of hydrogen-bond donors (Lipinski definition) is 2. The van der Waals surface area contributed by atoms with Gasteiger partial charge in [0.2, 0.25) is 11.9 Å². The minimum atomic E-state index is -0.666. The maximum atomic E-state index is 12.3. The number of nitrogens with zero attached hydrogens (tertiary/aromatic N) is 7. The summed E-state index contributed by atoms with van der Waals surface area (Å²) in [5, 5.41) is 14.1. The van der Waals surface area contributed by atoms with E-state index in [-0.39, 0.29) is 5.91 Å². The lowest BCUT2D eigenvalue weighted by Gasteiger charge is -2.31. The number of nitrogens with one attached hydrogen (secondary N) is 1. The van der Waals surface area contributed by atoms with Gasteiger partial charge in [-0.25, -0.2) is 19.9 Å². The van der Waals surface area contributed by atoms with Crippen LogP contribution in [0.3, 0.4) is 0 Å². The summed E-state index contributed by atoms with van der Waals surface area (Å²) in [4.78, 5) is 36.8. The first-order valence-electron chi connectivity index (χ1n) is 11.8. The van der Waals surface area contributed by atoms with E-state index >= 15 is 0 Å². The molecule has 1 atom stereocenters. The van der Waals surface area contributed by atoms with Crippen LogP contribution in [0.25, 0.3) is 10.9 Å². The largest absolute Gasteiger partial charge is 0.387 e. The van der Waals surface area contributed by atoms with E-state index in [4.69, 9.17) is 9.97 Å². The molecule has 0 spiro atoms. The van der Waals surface area contributed by atoms with E-state index < -0.39 is 6.10 Å². The third-order valence-electron chi connectivity index (χ3n) is 6.36. The van der Waals surface area contributed by atoms with Crippen LogP contribution < -0.4 is 15.1 Å². The first-order chi connectivity index (χ1) is 16.5. The lowest BCUT2D eigenvalue weighted by Crippen LogP contribution is -2.48. The molecule has 5 rings (SSSR count). The Morgan fingerprint density at radius 2 is 1.85 bits per heavy atom. The van der Waals surface area contributed by atoms with E-state index in [1.807, 2.05) is 30.1 Å². The number of anilines is 4. The van der Waals surface area contributed by atoms with Gasteiger partial charge in [0, 0.05) is 37.8 Å². The normalized spacial score (nSPS) is 18.4. The van der Waals surface area contributed by atoms with Crippen molar-refractivity contribution in [3.8, 4) is 0 Å². The van der Waals surface area contributed by atoms with Gasteiger partial charge in [-0.2, -0.15) is 0 Å². The third kappa shape index (κ3) is 4.64. The Bertz CT molecular complexity index is 1180. The molecule has 5 heterocycles. The number of likely N-dealkylation sites (N-methyl/N-ethyl adjacent to an activating group) is 1. The zero-order valence-corrected chi connectivity index (χ0v) is 19.6. The molecule has 2 N–H and O–H groups in total. The van der Waals surface area contributed by atoms with Crippen molar-refractivity contribution in [1.82, 2.24) is 24.8 Å². The second kappa shape index (κ2) is 9.47. The van der Waals surface area contributed by atoms with Crippen LogP contribution in [-0.4, -0.2) is 75.6 Å². The number of carbonyl (C=O) groups excluding carboxylic acids is 1. The molecule has 0 bridgehead atoms. The highest BCUT2D eigenvalue weighted by atomic mass is 16.3. The maximum Gasteiger partial charge on any atom is 0.241 e. The maximum absolute atomic E-state index is 12.3. The SMILES string of the molecule is CC(O)c1cc2cnc(Nc3ccc(N4CCN(C)CC4=O)cn3)nc2c(N2CCCCC2)n1. The molecular weight excluding hydrogens is 432 g/mol. The predicted molar refractivity (Wildman–Crippen MR) is 131 cm³/mol. The zero-order chi connectivity index (χ0) is 23.7. The minimum absolute atomic E-state index is 0.0726. The van der Waals surface area contributed by atoms with E-state index in [1.165, 1.54) is 6.42 Å². The van der Waals surface area contributed by atoms with Crippen LogP contribution in [0.4, 0.5) is 23.3 Å². The van der Waals surface area contributed by atoms with Crippen molar-refractivity contribution in [2.24, 2.45) is 0 Å². The summed E-state index contributed by atoms with van der Waals surface area (Å²) in [5.41, 5.74) is 2.15. The van der Waals surface area contributed by atoms with Gasteiger partial charge in [0.1, 0.15) is 11.3 Å². The summed E-state index contributed by atoms with van der Waals surface area (Å²) in [6.07, 6.45) is 6.23. The van der Waals surface area contributed by atoms with Gasteiger partial charge in [0.15, 0.2) is 5.82 Å². The first-order valence-corrected chi connectivity index (χ1v) is 11.8. The molecule has 10 heteroatoms. The molecule has 0 aromatic carbocycles. The van der Waals surface area contributed by atoms with Crippen LogP contribution in [0.1, 0.15) is 38.0 Å². The molecule has 1 amide bonds. The summed E-state index contributed by atoms with van der Waals surface area (Å²) in [6.45, 7) is 5.46. The van der Waals surface area contributed by atoms with Gasteiger partial charge >= 0.3 is 0 Å². The molecule has 1 unspecified atom stereocenters. The van der Waals surface area contributed by atoms with E-state index in [0.29, 0.717) is 30.5 Å². The van der Waals surface area contributed by atoms with Crippen LogP contribution in [0.15, 0.2) is 30.6 Å². The fraction of sp³-hybridized carbons (Fsp3) is 0.458. The number of piperidine rings is 1. The Balaban J connectivity index is 1.41. The van der Waals surface area contributed by atoms with Crippen LogP contribution >= 0.6 is 0 Å². The number of hydrogen-bond acceptors (Lipinski definition) is 9. The monoisotopic (exact) mass is 462 g/mol. The number of carbonyl (C=O) groups is 1. The summed E-state index contributed by atoms with van der Waals surface area (Å²) in [6, 6.07) is 5.56. The molecular formula is C24H30N8O2. The summed E-state index contributed by atoms with van der Waals surface area (Å²) >= 11 is 0. The Kier molecular flexibility index (Phi) is 6.25. The molecule has 0 saturated carbocycles. The minimum Gasteiger partial charge on any atom is -0.387 e. The fourth-order valence-electron chi connectivity index (χ4n) is 4.44. The zero-order valence-electron chi connectivity index (χ0n) is 19.6. The molecule has 2 aliphatic heterocycles. The first kappa shape index (κ1) is 22.4. The molecule has 0 radical (unpaired) electrons. The van der Waals surface area contributed by atoms with Crippen molar-refractivity contribution in [3.63, 3.8) is 0 Å². The van der Waals surface area contributed by atoms with E-state index in [1.54, 1.807) is 24.2 Å². The van der Waals surface area contributed by atoms with Crippen molar-refractivity contribution >= 4 is 40.1 Å². The van der Waals surface area contributed by atoms with E-state index in [0.717, 1.165) is 54.9 Å². The lowest BCUT2D eigenvalue weighted by molar-refractivity contribution is -0.120. The average molecular weight is 463 g/mol. The van der Waals surface area contributed by atoms with Gasteiger partial charge in [-0.1, -0.05) is 0 Å². The van der Waals surface area contributed by atoms with Crippen LogP contribution in [0.5, 0.6) is 0 Å². The number of piperazine rings is 1. The number of fused-ring (bicyclic) bond motifs is 1. The van der Waals surface area contributed by atoms with Crippen molar-refractivity contribution in [2.75, 3.05) is 54.9 Å². The van der Waals surface area contributed by atoms with Gasteiger partial charge in [0.25, 0.3) is 0 Å². The molecule has 34 heavy (non-hydrogen) atoms. The standard InChI is InChI=1S/C24H30N8O2/c1-16(33)19-12-17-13-26-24(29-22(17)23(27-19)31-8-4-3-5-9-31)28-20-7-6-18(14-25-20)32-11-10-30(2)15-21(32)34/h6-7,12-14,16,33H,3-5,8-11,15H2,1-2H3,(H,25,26,28,29). The quantitative estimate of drug-likeness (QED) is 0.591. The topological polar surface area (TPSA) is 111 Å². The van der Waals surface area contributed by atoms with Crippen LogP contribution in [0.2, 0.25) is 0 Å². The fourth-order valence-corrected chi connectivity index (χ4v) is 4.44. The van der Waals surface area contributed by atoms with Crippen molar-refractivity contribution in [2.45, 2.75) is 32.3 Å². The van der Waals surface area contributed by atoms with Gasteiger partial charge in [-0.15, -0.1) is 0 Å². The molecule has 10 nitrogen and oxygen atoms in total. The molecule has 2 saturated heterocycles. The van der Waals surface area contributed by atoms with Crippen molar-refractivity contribution in [3.05, 3.63) is 36.3 Å². The van der Waals surface area contributed by atoms with E-state index in [2.05, 4.69) is 20.2 Å². The number of aliphatic hydroxyl groups is 1. The third-order valence-corrected chi connectivity index (χ3v) is 6.36. The molecule has 178 valence electrons. The van der Waals surface area contributed by atoms with Crippen molar-refractivity contribution < 1.29 is 9.90 Å². The Labute approximate surface area is 198 Å². The Hall–Kier alpha value is -3.37. The second-order valence-electron chi connectivity index (χ2n) is 9.04. The lowest BCUT2D eigenvalue weighted by atomic mass is 10.1. The van der Waals surface area contributed by atoms with E-state index in [9.17, 15) is 9.90 Å². The highest BCUT2D eigenvalue weighted by molar-refractivity contribution is 5.95. The predicted octanol–water partition coefficient (Wildman–Crippen LogP) is 2.49. The number of pyridine rings is 2. The van der Waals surface area contributed by atoms with Crippen LogP contribution in [0, 0.1) is 0 Å². The number of amides is 1. The van der Waals surface area contributed by atoms with Gasteiger partial charge in [-0.05, 0) is 51.4 Å². The number of aromatic nitrogens is 4. The van der Waals surface area contributed by atoms with Gasteiger partial charge in [0.05, 0.1) is 30.2 Å². The molecule has 0 aliphatic carbocycles. The summed E-state index contributed by atoms with van der Waals surface area (Å²) in [7, 11) is 1.95. The highest BCUT2D eigenvalue weighted by Gasteiger charge is 2.23. The molecule has 3 aromatic rings. The van der Waals surface area contributed by atoms with Crippen molar-refractivity contribution in [1.29, 1.82) is 0 Å². The number of aliphatic hydroxyl groups excluding tert-OH is 1. The average Bonchev–Trinajstić information content (AvgIpc) is 2.84. The summed E-state index contributed by atoms with van der Waals surface area (Å²) in [5.74, 6) is 1.88. The Morgan fingerprint density at radius 1 is 1.03 bits per heavy atom. The van der Waals surface area contributed by atoms with Gasteiger partial charge < -0.3 is 20.2 Å².